The van der Waals surface area contributed by atoms with Gasteiger partial charge in [0.1, 0.15) is 5.76 Å². The van der Waals surface area contributed by atoms with Gasteiger partial charge in [-0.3, -0.25) is 0 Å². The van der Waals surface area contributed by atoms with Crippen molar-refractivity contribution in [3.63, 3.8) is 0 Å². The van der Waals surface area contributed by atoms with Gasteiger partial charge in [-0.05, 0) is 31.3 Å². The van der Waals surface area contributed by atoms with E-state index in [4.69, 9.17) is 4.74 Å². The molecule has 0 radical (unpaired) electrons. The first-order valence-electron chi connectivity index (χ1n) is 4.85. The van der Waals surface area contributed by atoms with Crippen molar-refractivity contribution in [3.05, 3.63) is 24.0 Å². The molecule has 0 spiro atoms. The molecule has 0 atom stereocenters. The minimum Gasteiger partial charge on any atom is -0.494 e. The number of rotatable bonds is 5. The van der Waals surface area contributed by atoms with Gasteiger partial charge in [-0.15, -0.1) is 0 Å². The Kier molecular flexibility index (Phi) is 3.92. The average Bonchev–Trinajstić information content (AvgIpc) is 2.56. The predicted molar refractivity (Wildman–Crippen MR) is 51.9 cm³/mol. The molecule has 1 rings (SSSR count). The molecule has 0 saturated heterocycles. The first-order valence-corrected chi connectivity index (χ1v) is 4.85. The van der Waals surface area contributed by atoms with Crippen LogP contribution in [0.15, 0.2) is 24.0 Å². The fraction of sp³-hybridized carbons (Fsp3) is 0.636. The standard InChI is InChI=1S/C11H18O/c1-3-4-9-12-10(2)11-7-5-6-8-11/h7H,2-6,8-9H2,1H3. The SMILES string of the molecule is C=C(OCCCC)C1=CCCC1. The molecule has 0 aromatic rings. The van der Waals surface area contributed by atoms with Crippen LogP contribution in [0.4, 0.5) is 0 Å². The van der Waals surface area contributed by atoms with Crippen molar-refractivity contribution in [2.45, 2.75) is 39.0 Å². The summed E-state index contributed by atoms with van der Waals surface area (Å²) in [5.74, 6) is 0.904. The molecule has 12 heavy (non-hydrogen) atoms. The van der Waals surface area contributed by atoms with E-state index in [0.29, 0.717) is 0 Å². The van der Waals surface area contributed by atoms with Gasteiger partial charge in [-0.2, -0.15) is 0 Å². The maximum absolute atomic E-state index is 5.50. The number of hydrogen-bond donors (Lipinski definition) is 0. The summed E-state index contributed by atoms with van der Waals surface area (Å²) in [4.78, 5) is 0. The lowest BCUT2D eigenvalue weighted by molar-refractivity contribution is 0.215. The summed E-state index contributed by atoms with van der Waals surface area (Å²) in [7, 11) is 0. The van der Waals surface area contributed by atoms with Gasteiger partial charge < -0.3 is 4.74 Å². The fourth-order valence-corrected chi connectivity index (χ4v) is 1.36. The molecular formula is C11H18O. The predicted octanol–water partition coefficient (Wildman–Crippen LogP) is 3.43. The Morgan fingerprint density at radius 2 is 2.50 bits per heavy atom. The Bertz CT molecular complexity index is 179. The summed E-state index contributed by atoms with van der Waals surface area (Å²) in [6.07, 6.45) is 8.19. The molecule has 0 saturated carbocycles. The largest absolute Gasteiger partial charge is 0.494 e. The van der Waals surface area contributed by atoms with Crippen LogP contribution in [-0.4, -0.2) is 6.61 Å². The van der Waals surface area contributed by atoms with Gasteiger partial charge in [-0.25, -0.2) is 0 Å². The highest BCUT2D eigenvalue weighted by molar-refractivity contribution is 5.25. The molecule has 0 aromatic carbocycles. The fourth-order valence-electron chi connectivity index (χ4n) is 1.36. The highest BCUT2D eigenvalue weighted by atomic mass is 16.5. The maximum Gasteiger partial charge on any atom is 0.114 e. The second kappa shape index (κ2) is 5.02. The van der Waals surface area contributed by atoms with Crippen LogP contribution < -0.4 is 0 Å². The van der Waals surface area contributed by atoms with Crippen molar-refractivity contribution in [1.82, 2.24) is 0 Å². The lowest BCUT2D eigenvalue weighted by atomic mass is 10.2. The van der Waals surface area contributed by atoms with E-state index in [-0.39, 0.29) is 0 Å². The van der Waals surface area contributed by atoms with Crippen molar-refractivity contribution in [1.29, 1.82) is 0 Å². The van der Waals surface area contributed by atoms with Gasteiger partial charge in [0.2, 0.25) is 0 Å². The molecule has 1 aliphatic carbocycles. The number of ether oxygens (including phenoxy) is 1. The van der Waals surface area contributed by atoms with Crippen LogP contribution in [0.2, 0.25) is 0 Å². The van der Waals surface area contributed by atoms with Gasteiger partial charge in [0.15, 0.2) is 0 Å². The van der Waals surface area contributed by atoms with Crippen molar-refractivity contribution in [2.75, 3.05) is 6.61 Å². The van der Waals surface area contributed by atoms with Crippen molar-refractivity contribution in [2.24, 2.45) is 0 Å². The van der Waals surface area contributed by atoms with Gasteiger partial charge >= 0.3 is 0 Å². The first-order chi connectivity index (χ1) is 5.84. The van der Waals surface area contributed by atoms with Crippen molar-refractivity contribution < 1.29 is 4.74 Å². The van der Waals surface area contributed by atoms with E-state index >= 15 is 0 Å². The molecular weight excluding hydrogens is 148 g/mol. The van der Waals surface area contributed by atoms with Crippen LogP contribution in [0, 0.1) is 0 Å². The lowest BCUT2D eigenvalue weighted by Crippen LogP contribution is -1.95. The highest BCUT2D eigenvalue weighted by Gasteiger charge is 2.08. The molecule has 0 aliphatic heterocycles. The van der Waals surface area contributed by atoms with E-state index < -0.39 is 0 Å². The monoisotopic (exact) mass is 166 g/mol. The van der Waals surface area contributed by atoms with Crippen molar-refractivity contribution in [3.8, 4) is 0 Å². The molecule has 0 N–H and O–H groups in total. The Morgan fingerprint density at radius 1 is 1.67 bits per heavy atom. The summed E-state index contributed by atoms with van der Waals surface area (Å²) >= 11 is 0. The first kappa shape index (κ1) is 9.37. The van der Waals surface area contributed by atoms with E-state index in [1.165, 1.54) is 24.8 Å². The summed E-state index contributed by atoms with van der Waals surface area (Å²) < 4.78 is 5.50. The van der Waals surface area contributed by atoms with Crippen LogP contribution in [0.1, 0.15) is 39.0 Å². The van der Waals surface area contributed by atoms with Gasteiger partial charge in [0.05, 0.1) is 6.61 Å². The molecule has 1 heteroatoms. The Balaban J connectivity index is 2.19. The molecule has 0 heterocycles. The summed E-state index contributed by atoms with van der Waals surface area (Å²) in [6, 6.07) is 0. The van der Waals surface area contributed by atoms with E-state index in [0.717, 1.165) is 25.2 Å². The molecule has 0 aromatic heterocycles. The second-order valence-electron chi connectivity index (χ2n) is 3.25. The van der Waals surface area contributed by atoms with Gasteiger partial charge in [0, 0.05) is 0 Å². The highest BCUT2D eigenvalue weighted by Crippen LogP contribution is 2.24. The Morgan fingerprint density at radius 3 is 3.08 bits per heavy atom. The van der Waals surface area contributed by atoms with Gasteiger partial charge in [-0.1, -0.05) is 26.0 Å². The van der Waals surface area contributed by atoms with E-state index in [9.17, 15) is 0 Å². The molecule has 0 fully saturated rings. The third kappa shape index (κ3) is 2.72. The van der Waals surface area contributed by atoms with E-state index in [1.807, 2.05) is 0 Å². The minimum atomic E-state index is 0.826. The topological polar surface area (TPSA) is 9.23 Å². The van der Waals surface area contributed by atoms with E-state index in [1.54, 1.807) is 0 Å². The van der Waals surface area contributed by atoms with Crippen LogP contribution in [-0.2, 0) is 4.74 Å². The smallest absolute Gasteiger partial charge is 0.114 e. The summed E-state index contributed by atoms with van der Waals surface area (Å²) in [5.41, 5.74) is 1.33. The van der Waals surface area contributed by atoms with E-state index in [2.05, 4.69) is 19.6 Å². The lowest BCUT2D eigenvalue weighted by Gasteiger charge is -2.08. The Labute approximate surface area is 75.1 Å². The van der Waals surface area contributed by atoms with Crippen LogP contribution in [0.25, 0.3) is 0 Å². The quantitative estimate of drug-likeness (QED) is 0.449. The summed E-state index contributed by atoms with van der Waals surface area (Å²) in [6.45, 7) is 6.91. The molecule has 1 nitrogen and oxygen atoms in total. The van der Waals surface area contributed by atoms with Crippen molar-refractivity contribution >= 4 is 0 Å². The second-order valence-corrected chi connectivity index (χ2v) is 3.25. The number of allylic oxidation sites excluding steroid dienone is 2. The van der Waals surface area contributed by atoms with Crippen LogP contribution >= 0.6 is 0 Å². The third-order valence-corrected chi connectivity index (χ3v) is 2.17. The molecule has 0 bridgehead atoms. The zero-order valence-electron chi connectivity index (χ0n) is 7.94. The zero-order chi connectivity index (χ0) is 8.81. The normalized spacial score (nSPS) is 15.9. The molecule has 0 unspecified atom stereocenters. The van der Waals surface area contributed by atoms with Crippen LogP contribution in [0.5, 0.6) is 0 Å². The maximum atomic E-state index is 5.50. The molecule has 68 valence electrons. The number of hydrogen-bond acceptors (Lipinski definition) is 1. The summed E-state index contributed by atoms with van der Waals surface area (Å²) in [5, 5.41) is 0. The van der Waals surface area contributed by atoms with Crippen LogP contribution in [0.3, 0.4) is 0 Å². The van der Waals surface area contributed by atoms with Gasteiger partial charge in [0.25, 0.3) is 0 Å². The average molecular weight is 166 g/mol. The number of unbranched alkanes of at least 4 members (excludes halogenated alkanes) is 1. The minimum absolute atomic E-state index is 0.826. The molecule has 1 aliphatic rings. The Hall–Kier alpha value is -0.720. The zero-order valence-corrected chi connectivity index (χ0v) is 7.94. The molecule has 0 amide bonds. The third-order valence-electron chi connectivity index (χ3n) is 2.17.